The van der Waals surface area contributed by atoms with Gasteiger partial charge in [-0.05, 0) is 35.6 Å². The summed E-state index contributed by atoms with van der Waals surface area (Å²) in [6.45, 7) is 0.842. The van der Waals surface area contributed by atoms with E-state index < -0.39 is 0 Å². The number of hydrogen-bond donors (Lipinski definition) is 0. The van der Waals surface area contributed by atoms with Crippen molar-refractivity contribution in [3.63, 3.8) is 0 Å². The summed E-state index contributed by atoms with van der Waals surface area (Å²) in [5.41, 5.74) is 4.21. The zero-order valence-corrected chi connectivity index (χ0v) is 17.9. The maximum atomic E-state index is 6.07. The van der Waals surface area contributed by atoms with Crippen molar-refractivity contribution >= 4 is 6.08 Å². The number of benzene rings is 3. The molecule has 0 aliphatic heterocycles. The fourth-order valence-electron chi connectivity index (χ4n) is 3.22. The zero-order chi connectivity index (χ0) is 21.8. The number of rotatable bonds is 10. The average molecular weight is 423 g/mol. The minimum atomic E-state index is 0.395. The molecule has 0 saturated carbocycles. The molecule has 0 spiro atoms. The zero-order valence-electron chi connectivity index (χ0n) is 17.9. The van der Waals surface area contributed by atoms with Crippen LogP contribution >= 0.6 is 0 Å². The van der Waals surface area contributed by atoms with Crippen LogP contribution in [0.5, 0.6) is 11.6 Å². The van der Waals surface area contributed by atoms with E-state index in [0.717, 1.165) is 29.7 Å². The predicted octanol–water partition coefficient (Wildman–Crippen LogP) is 6.28. The van der Waals surface area contributed by atoms with Gasteiger partial charge in [0.15, 0.2) is 5.75 Å². The van der Waals surface area contributed by atoms with Crippen molar-refractivity contribution in [3.8, 4) is 11.6 Å². The lowest BCUT2D eigenvalue weighted by molar-refractivity contribution is 0.244. The third-order valence-corrected chi connectivity index (χ3v) is 4.93. The molecule has 0 atom stereocenters. The third kappa shape index (κ3) is 6.54. The summed E-state index contributed by atoms with van der Waals surface area (Å²) in [6, 6.07) is 32.4. The Bertz CT molecular complexity index is 1110. The number of aryl methyl sites for hydroxylation is 1. The van der Waals surface area contributed by atoms with Crippen molar-refractivity contribution in [3.05, 3.63) is 126 Å². The molecule has 160 valence electrons. The molecule has 1 heterocycles. The van der Waals surface area contributed by atoms with Crippen LogP contribution in [0.1, 0.15) is 28.8 Å². The monoisotopic (exact) mass is 422 g/mol. The molecule has 0 radical (unpaired) electrons. The van der Waals surface area contributed by atoms with Crippen LogP contribution in [-0.4, -0.2) is 10.2 Å². The highest BCUT2D eigenvalue weighted by Crippen LogP contribution is 2.27. The Morgan fingerprint density at radius 2 is 1.19 bits per heavy atom. The topological polar surface area (TPSA) is 44.2 Å². The van der Waals surface area contributed by atoms with E-state index in [1.807, 2.05) is 78.9 Å². The van der Waals surface area contributed by atoms with E-state index in [9.17, 15) is 0 Å². The van der Waals surface area contributed by atoms with Gasteiger partial charge in [-0.3, -0.25) is 0 Å². The highest BCUT2D eigenvalue weighted by molar-refractivity contribution is 5.49. The number of aromatic nitrogens is 2. The highest BCUT2D eigenvalue weighted by Gasteiger charge is 2.10. The lowest BCUT2D eigenvalue weighted by Crippen LogP contribution is -2.04. The average Bonchev–Trinajstić information content (AvgIpc) is 2.86. The van der Waals surface area contributed by atoms with E-state index in [0.29, 0.717) is 24.8 Å². The summed E-state index contributed by atoms with van der Waals surface area (Å²) in [5, 5.41) is 8.60. The molecule has 3 aromatic carbocycles. The third-order valence-electron chi connectivity index (χ3n) is 4.93. The summed E-state index contributed by atoms with van der Waals surface area (Å²) in [7, 11) is 0. The Balaban J connectivity index is 1.44. The van der Waals surface area contributed by atoms with Crippen LogP contribution in [0.3, 0.4) is 0 Å². The van der Waals surface area contributed by atoms with E-state index >= 15 is 0 Å². The van der Waals surface area contributed by atoms with Crippen LogP contribution < -0.4 is 9.47 Å². The normalized spacial score (nSPS) is 10.9. The van der Waals surface area contributed by atoms with E-state index in [4.69, 9.17) is 9.47 Å². The molecule has 4 nitrogen and oxygen atoms in total. The van der Waals surface area contributed by atoms with Crippen molar-refractivity contribution in [1.82, 2.24) is 10.2 Å². The second kappa shape index (κ2) is 11.5. The van der Waals surface area contributed by atoms with Crippen LogP contribution in [0.25, 0.3) is 6.08 Å². The van der Waals surface area contributed by atoms with Crippen LogP contribution in [0, 0.1) is 0 Å². The summed E-state index contributed by atoms with van der Waals surface area (Å²) >= 11 is 0. The van der Waals surface area contributed by atoms with Gasteiger partial charge in [-0.15, -0.1) is 10.2 Å². The van der Waals surface area contributed by atoms with Crippen molar-refractivity contribution in [2.45, 2.75) is 26.1 Å². The van der Waals surface area contributed by atoms with Gasteiger partial charge in [-0.1, -0.05) is 97.1 Å². The quantitative estimate of drug-likeness (QED) is 0.302. The Morgan fingerprint density at radius 1 is 0.625 bits per heavy atom. The second-order valence-corrected chi connectivity index (χ2v) is 7.41. The molecule has 0 saturated heterocycles. The number of hydrogen-bond acceptors (Lipinski definition) is 4. The molecule has 0 amide bonds. The fourth-order valence-corrected chi connectivity index (χ4v) is 3.22. The van der Waals surface area contributed by atoms with Gasteiger partial charge in [0.2, 0.25) is 0 Å². The summed E-state index contributed by atoms with van der Waals surface area (Å²) < 4.78 is 12.0. The SMILES string of the molecule is C(=Cc1cc(OCc2ccccc2)c(OCc2ccccc2)nn1)CCc1ccccc1. The molecular weight excluding hydrogens is 396 g/mol. The summed E-state index contributed by atoms with van der Waals surface area (Å²) in [5.74, 6) is 0.980. The van der Waals surface area contributed by atoms with Crippen molar-refractivity contribution in [1.29, 1.82) is 0 Å². The molecule has 32 heavy (non-hydrogen) atoms. The van der Waals surface area contributed by atoms with Gasteiger partial charge in [0.25, 0.3) is 5.88 Å². The number of nitrogens with zero attached hydrogens (tertiary/aromatic N) is 2. The Hall–Kier alpha value is -3.92. The summed E-state index contributed by atoms with van der Waals surface area (Å²) in [6.07, 6.45) is 6.01. The molecular formula is C28H26N2O2. The lowest BCUT2D eigenvalue weighted by Gasteiger charge is -2.12. The smallest absolute Gasteiger partial charge is 0.276 e. The minimum Gasteiger partial charge on any atom is -0.483 e. The van der Waals surface area contributed by atoms with E-state index in [2.05, 4.69) is 40.5 Å². The van der Waals surface area contributed by atoms with E-state index in [-0.39, 0.29) is 0 Å². The van der Waals surface area contributed by atoms with Gasteiger partial charge in [0.1, 0.15) is 13.2 Å². The molecule has 4 aromatic rings. The molecule has 0 fully saturated rings. The molecule has 0 aliphatic rings. The molecule has 1 aromatic heterocycles. The van der Waals surface area contributed by atoms with Gasteiger partial charge in [-0.25, -0.2) is 0 Å². The summed E-state index contributed by atoms with van der Waals surface area (Å²) in [4.78, 5) is 0. The van der Waals surface area contributed by atoms with Crippen LogP contribution in [-0.2, 0) is 19.6 Å². The molecule has 0 N–H and O–H groups in total. The minimum absolute atomic E-state index is 0.395. The standard InChI is InChI=1S/C28H26N2O2/c1-4-12-23(13-5-1)14-10-11-19-26-20-27(31-21-24-15-6-2-7-16-24)28(30-29-26)32-22-25-17-8-3-9-18-25/h1-9,11-13,15-20H,10,14,21-22H2. The largest absolute Gasteiger partial charge is 0.483 e. The van der Waals surface area contributed by atoms with Gasteiger partial charge in [0.05, 0.1) is 5.69 Å². The van der Waals surface area contributed by atoms with E-state index in [1.165, 1.54) is 5.56 Å². The van der Waals surface area contributed by atoms with E-state index in [1.54, 1.807) is 0 Å². The maximum absolute atomic E-state index is 6.07. The van der Waals surface area contributed by atoms with Gasteiger partial charge >= 0.3 is 0 Å². The first kappa shape index (κ1) is 21.3. The molecule has 0 bridgehead atoms. The fraction of sp³-hybridized carbons (Fsp3) is 0.143. The maximum Gasteiger partial charge on any atom is 0.276 e. The van der Waals surface area contributed by atoms with Gasteiger partial charge < -0.3 is 9.47 Å². The Kier molecular flexibility index (Phi) is 7.64. The molecule has 4 heteroatoms. The first-order valence-electron chi connectivity index (χ1n) is 10.8. The first-order valence-corrected chi connectivity index (χ1v) is 10.8. The van der Waals surface area contributed by atoms with Crippen molar-refractivity contribution < 1.29 is 9.47 Å². The second-order valence-electron chi connectivity index (χ2n) is 7.41. The van der Waals surface area contributed by atoms with Gasteiger partial charge in [-0.2, -0.15) is 0 Å². The Morgan fingerprint density at radius 3 is 1.81 bits per heavy atom. The van der Waals surface area contributed by atoms with Crippen LogP contribution in [0.2, 0.25) is 0 Å². The predicted molar refractivity (Wildman–Crippen MR) is 127 cm³/mol. The lowest BCUT2D eigenvalue weighted by atomic mass is 10.1. The Labute approximate surface area is 189 Å². The van der Waals surface area contributed by atoms with Crippen molar-refractivity contribution in [2.75, 3.05) is 0 Å². The number of allylic oxidation sites excluding steroid dienone is 1. The van der Waals surface area contributed by atoms with Crippen LogP contribution in [0.15, 0.2) is 103 Å². The van der Waals surface area contributed by atoms with Gasteiger partial charge in [0, 0.05) is 6.07 Å². The molecule has 0 unspecified atom stereocenters. The van der Waals surface area contributed by atoms with Crippen LogP contribution in [0.4, 0.5) is 0 Å². The number of ether oxygens (including phenoxy) is 2. The molecule has 0 aliphatic carbocycles. The highest BCUT2D eigenvalue weighted by atomic mass is 16.5. The molecule has 4 rings (SSSR count). The first-order chi connectivity index (χ1) is 15.9. The van der Waals surface area contributed by atoms with Crippen molar-refractivity contribution in [2.24, 2.45) is 0 Å².